The van der Waals surface area contributed by atoms with E-state index >= 15 is 0 Å². The molecule has 1 atom stereocenters. The normalized spacial score (nSPS) is 15.7. The molecule has 1 aliphatic heterocycles. The SMILES string of the molecule is Cc1ccc(C2C(C#N)=C(N)Oc3c2ccc2c3ccn2S(=O)(=O)c2ccc(C)cc2)cc1. The number of fused-ring (bicyclic) bond motifs is 3. The van der Waals surface area contributed by atoms with Gasteiger partial charge in [-0.1, -0.05) is 53.6 Å². The van der Waals surface area contributed by atoms with Gasteiger partial charge < -0.3 is 10.5 Å². The molecular weight excluding hydrogens is 434 g/mol. The summed E-state index contributed by atoms with van der Waals surface area (Å²) in [5.41, 5.74) is 10.7. The second-order valence-electron chi connectivity index (χ2n) is 8.18. The molecule has 0 bridgehead atoms. The third-order valence-corrected chi connectivity index (χ3v) is 7.71. The molecule has 0 spiro atoms. The molecule has 3 aromatic carbocycles. The Labute approximate surface area is 192 Å². The van der Waals surface area contributed by atoms with Crippen LogP contribution in [0.2, 0.25) is 0 Å². The van der Waals surface area contributed by atoms with Crippen LogP contribution in [-0.4, -0.2) is 12.4 Å². The van der Waals surface area contributed by atoms with Gasteiger partial charge in [0.25, 0.3) is 10.0 Å². The quantitative estimate of drug-likeness (QED) is 0.482. The number of allylic oxidation sites excluding steroid dienone is 1. The number of benzene rings is 3. The minimum atomic E-state index is -3.80. The summed E-state index contributed by atoms with van der Waals surface area (Å²) in [4.78, 5) is 0.202. The highest BCUT2D eigenvalue weighted by molar-refractivity contribution is 7.90. The van der Waals surface area contributed by atoms with Crippen molar-refractivity contribution in [1.29, 1.82) is 5.26 Å². The largest absolute Gasteiger partial charge is 0.439 e. The van der Waals surface area contributed by atoms with Gasteiger partial charge >= 0.3 is 0 Å². The van der Waals surface area contributed by atoms with E-state index in [0.717, 1.165) is 22.3 Å². The Morgan fingerprint density at radius 3 is 2.21 bits per heavy atom. The fraction of sp³-hybridized carbons (Fsp3) is 0.115. The topological polar surface area (TPSA) is 98.1 Å². The zero-order valence-electron chi connectivity index (χ0n) is 18.1. The fourth-order valence-electron chi connectivity index (χ4n) is 4.24. The molecule has 6 nitrogen and oxygen atoms in total. The highest BCUT2D eigenvalue weighted by Crippen LogP contribution is 2.45. The van der Waals surface area contributed by atoms with Crippen LogP contribution in [0.5, 0.6) is 5.75 Å². The monoisotopic (exact) mass is 455 g/mol. The van der Waals surface area contributed by atoms with E-state index in [1.54, 1.807) is 36.4 Å². The van der Waals surface area contributed by atoms with Crippen LogP contribution in [0.3, 0.4) is 0 Å². The molecular formula is C26H21N3O3S. The van der Waals surface area contributed by atoms with Crippen LogP contribution >= 0.6 is 0 Å². The molecule has 0 saturated carbocycles. The molecule has 164 valence electrons. The standard InChI is InChI=1S/C26H21N3O3S/c1-16-3-7-18(8-4-16)24-21-11-12-23-20(25(21)32-26(28)22(24)15-27)13-14-29(23)33(30,31)19-9-5-17(2)6-10-19/h3-14,24H,28H2,1-2H3. The molecule has 0 aliphatic carbocycles. The minimum absolute atomic E-state index is 0.0252. The van der Waals surface area contributed by atoms with Crippen molar-refractivity contribution in [2.75, 3.05) is 0 Å². The molecule has 0 saturated heterocycles. The summed E-state index contributed by atoms with van der Waals surface area (Å²) in [5.74, 6) is 0.0884. The third kappa shape index (κ3) is 3.27. The van der Waals surface area contributed by atoms with Gasteiger partial charge in [0.15, 0.2) is 0 Å². The first kappa shape index (κ1) is 20.9. The Hall–Kier alpha value is -4.02. The van der Waals surface area contributed by atoms with Crippen LogP contribution < -0.4 is 10.5 Å². The van der Waals surface area contributed by atoms with Crippen LogP contribution in [0, 0.1) is 25.2 Å². The smallest absolute Gasteiger partial charge is 0.268 e. The molecule has 1 unspecified atom stereocenters. The summed E-state index contributed by atoms with van der Waals surface area (Å²) in [6.45, 7) is 3.90. The fourth-order valence-corrected chi connectivity index (χ4v) is 5.59. The van der Waals surface area contributed by atoms with Crippen LogP contribution in [0.15, 0.2) is 89.3 Å². The molecule has 0 amide bonds. The maximum absolute atomic E-state index is 13.3. The lowest BCUT2D eigenvalue weighted by molar-refractivity contribution is 0.398. The average molecular weight is 456 g/mol. The second kappa shape index (κ2) is 7.54. The zero-order chi connectivity index (χ0) is 23.3. The van der Waals surface area contributed by atoms with E-state index in [9.17, 15) is 13.7 Å². The van der Waals surface area contributed by atoms with Gasteiger partial charge in [-0.2, -0.15) is 5.26 Å². The predicted molar refractivity (Wildman–Crippen MR) is 126 cm³/mol. The summed E-state index contributed by atoms with van der Waals surface area (Å²) >= 11 is 0. The van der Waals surface area contributed by atoms with Gasteiger partial charge in [0, 0.05) is 17.1 Å². The summed E-state index contributed by atoms with van der Waals surface area (Å²) in [6, 6.07) is 22.1. The van der Waals surface area contributed by atoms with Crippen molar-refractivity contribution >= 4 is 20.9 Å². The Morgan fingerprint density at radius 1 is 0.939 bits per heavy atom. The van der Waals surface area contributed by atoms with E-state index in [4.69, 9.17) is 10.5 Å². The molecule has 2 heterocycles. The number of rotatable bonds is 3. The number of nitriles is 1. The summed E-state index contributed by atoms with van der Waals surface area (Å²) in [7, 11) is -3.80. The molecule has 33 heavy (non-hydrogen) atoms. The molecule has 1 aliphatic rings. The maximum atomic E-state index is 13.3. The number of aromatic nitrogens is 1. The van der Waals surface area contributed by atoms with Crippen LogP contribution in [0.1, 0.15) is 28.2 Å². The minimum Gasteiger partial charge on any atom is -0.439 e. The summed E-state index contributed by atoms with van der Waals surface area (Å²) in [6.07, 6.45) is 1.52. The Balaban J connectivity index is 1.70. The number of hydrogen-bond acceptors (Lipinski definition) is 5. The van der Waals surface area contributed by atoms with Crippen LogP contribution in [0.4, 0.5) is 0 Å². The number of aryl methyl sites for hydroxylation is 2. The third-order valence-electron chi connectivity index (χ3n) is 6.00. The van der Waals surface area contributed by atoms with E-state index in [1.807, 2.05) is 44.2 Å². The van der Waals surface area contributed by atoms with Crippen molar-refractivity contribution in [3.8, 4) is 11.8 Å². The highest BCUT2D eigenvalue weighted by atomic mass is 32.2. The van der Waals surface area contributed by atoms with E-state index in [2.05, 4.69) is 6.07 Å². The molecule has 1 aromatic heterocycles. The first-order valence-corrected chi connectivity index (χ1v) is 11.9. The molecule has 5 rings (SSSR count). The van der Waals surface area contributed by atoms with E-state index in [0.29, 0.717) is 22.2 Å². The number of nitrogens with two attached hydrogens (primary N) is 1. The van der Waals surface area contributed by atoms with E-state index in [1.165, 1.54) is 10.2 Å². The lowest BCUT2D eigenvalue weighted by Crippen LogP contribution is -2.21. The van der Waals surface area contributed by atoms with E-state index < -0.39 is 15.9 Å². The Bertz CT molecular complexity index is 1570. The molecule has 4 aromatic rings. The van der Waals surface area contributed by atoms with Gasteiger partial charge in [0.1, 0.15) is 17.4 Å². The van der Waals surface area contributed by atoms with Crippen LogP contribution in [0.25, 0.3) is 10.9 Å². The highest BCUT2D eigenvalue weighted by Gasteiger charge is 2.32. The second-order valence-corrected chi connectivity index (χ2v) is 10.00. The lowest BCUT2D eigenvalue weighted by atomic mass is 9.83. The van der Waals surface area contributed by atoms with Gasteiger partial charge in [-0.15, -0.1) is 0 Å². The predicted octanol–water partition coefficient (Wildman–Crippen LogP) is 4.71. The number of hydrogen-bond donors (Lipinski definition) is 1. The zero-order valence-corrected chi connectivity index (χ0v) is 18.9. The summed E-state index contributed by atoms with van der Waals surface area (Å²) in [5, 5.41) is 10.4. The van der Waals surface area contributed by atoms with Crippen molar-refractivity contribution < 1.29 is 13.2 Å². The van der Waals surface area contributed by atoms with E-state index in [-0.39, 0.29) is 10.8 Å². The molecule has 0 radical (unpaired) electrons. The summed E-state index contributed by atoms with van der Waals surface area (Å²) < 4.78 is 33.8. The van der Waals surface area contributed by atoms with Crippen molar-refractivity contribution in [3.05, 3.63) is 107 Å². The van der Waals surface area contributed by atoms with Crippen molar-refractivity contribution in [3.63, 3.8) is 0 Å². The number of ether oxygens (including phenoxy) is 1. The average Bonchev–Trinajstić information content (AvgIpc) is 3.25. The molecule has 2 N–H and O–H groups in total. The van der Waals surface area contributed by atoms with Gasteiger partial charge in [-0.3, -0.25) is 0 Å². The first-order chi connectivity index (χ1) is 15.8. The van der Waals surface area contributed by atoms with Gasteiger partial charge in [0.2, 0.25) is 5.88 Å². The van der Waals surface area contributed by atoms with Crippen molar-refractivity contribution in [2.24, 2.45) is 5.73 Å². The van der Waals surface area contributed by atoms with Crippen LogP contribution in [-0.2, 0) is 10.0 Å². The number of nitrogens with zero attached hydrogens (tertiary/aromatic N) is 2. The van der Waals surface area contributed by atoms with Gasteiger partial charge in [0.05, 0.1) is 16.3 Å². The lowest BCUT2D eigenvalue weighted by Gasteiger charge is -2.27. The Kier molecular flexibility index (Phi) is 4.76. The molecule has 0 fully saturated rings. The van der Waals surface area contributed by atoms with Gasteiger partial charge in [-0.25, -0.2) is 12.4 Å². The van der Waals surface area contributed by atoms with Crippen molar-refractivity contribution in [2.45, 2.75) is 24.7 Å². The molecule has 7 heteroatoms. The van der Waals surface area contributed by atoms with Crippen molar-refractivity contribution in [1.82, 2.24) is 3.97 Å². The van der Waals surface area contributed by atoms with Gasteiger partial charge in [-0.05, 0) is 43.7 Å². The maximum Gasteiger partial charge on any atom is 0.268 e. The Morgan fingerprint density at radius 2 is 1.58 bits per heavy atom. The first-order valence-electron chi connectivity index (χ1n) is 10.4.